The van der Waals surface area contributed by atoms with E-state index in [4.69, 9.17) is 0 Å². The van der Waals surface area contributed by atoms with Crippen LogP contribution < -0.4 is 0 Å². The van der Waals surface area contributed by atoms with Crippen molar-refractivity contribution in [2.24, 2.45) is 0 Å². The van der Waals surface area contributed by atoms with Crippen molar-refractivity contribution in [3.8, 4) is 0 Å². The van der Waals surface area contributed by atoms with Crippen molar-refractivity contribution in [3.63, 3.8) is 0 Å². The summed E-state index contributed by atoms with van der Waals surface area (Å²) in [6.07, 6.45) is 5.46. The highest BCUT2D eigenvalue weighted by molar-refractivity contribution is 5.77. The molecule has 1 aliphatic carbocycles. The van der Waals surface area contributed by atoms with Crippen LogP contribution in [0.25, 0.3) is 5.65 Å². The van der Waals surface area contributed by atoms with E-state index in [0.717, 1.165) is 17.6 Å². The first kappa shape index (κ1) is 11.5. The molecule has 2 aromatic heterocycles. The van der Waals surface area contributed by atoms with Gasteiger partial charge in [-0.05, 0) is 36.5 Å². The van der Waals surface area contributed by atoms with Crippen LogP contribution in [0.4, 0.5) is 0 Å². The van der Waals surface area contributed by atoms with Gasteiger partial charge >= 0.3 is 0 Å². The summed E-state index contributed by atoms with van der Waals surface area (Å²) in [5, 5.41) is 0. The Bertz CT molecular complexity index is 615. The third kappa shape index (κ3) is 1.74. The summed E-state index contributed by atoms with van der Waals surface area (Å²) in [4.78, 5) is 16.0. The first-order chi connectivity index (χ1) is 8.50. The maximum Gasteiger partial charge on any atom is 0.168 e. The van der Waals surface area contributed by atoms with Gasteiger partial charge in [-0.1, -0.05) is 20.8 Å². The molecule has 0 radical (unpaired) electrons. The number of aldehydes is 1. The minimum Gasteiger partial charge on any atom is -0.297 e. The number of nitrogens with zero attached hydrogens (tertiary/aromatic N) is 2. The van der Waals surface area contributed by atoms with Gasteiger partial charge in [-0.15, -0.1) is 0 Å². The first-order valence-corrected chi connectivity index (χ1v) is 6.48. The van der Waals surface area contributed by atoms with Crippen molar-refractivity contribution in [1.29, 1.82) is 0 Å². The second-order valence-electron chi connectivity index (χ2n) is 6.18. The fourth-order valence-corrected chi connectivity index (χ4v) is 2.41. The molecule has 0 aliphatic heterocycles. The van der Waals surface area contributed by atoms with Crippen LogP contribution in [0.5, 0.6) is 0 Å². The topological polar surface area (TPSA) is 34.4 Å². The Morgan fingerprint density at radius 2 is 2.11 bits per heavy atom. The summed E-state index contributed by atoms with van der Waals surface area (Å²) >= 11 is 0. The fraction of sp³-hybridized carbons (Fsp3) is 0.467. The van der Waals surface area contributed by atoms with E-state index in [1.54, 1.807) is 0 Å². The average molecular weight is 242 g/mol. The lowest BCUT2D eigenvalue weighted by Gasteiger charge is -2.15. The number of hydrogen-bond donors (Lipinski definition) is 0. The molecule has 0 atom stereocenters. The summed E-state index contributed by atoms with van der Waals surface area (Å²) in [7, 11) is 0. The zero-order valence-corrected chi connectivity index (χ0v) is 11.1. The van der Waals surface area contributed by atoms with Crippen molar-refractivity contribution < 1.29 is 4.79 Å². The van der Waals surface area contributed by atoms with E-state index in [0.29, 0.717) is 11.6 Å². The Labute approximate surface area is 107 Å². The summed E-state index contributed by atoms with van der Waals surface area (Å²) in [6.45, 7) is 6.26. The normalized spacial score (nSPS) is 16.2. The van der Waals surface area contributed by atoms with E-state index in [-0.39, 0.29) is 5.41 Å². The van der Waals surface area contributed by atoms with Crippen molar-refractivity contribution >= 4 is 11.9 Å². The molecule has 3 rings (SSSR count). The van der Waals surface area contributed by atoms with Crippen LogP contribution in [-0.2, 0) is 5.41 Å². The van der Waals surface area contributed by atoms with Gasteiger partial charge in [-0.3, -0.25) is 9.20 Å². The molecular weight excluding hydrogens is 224 g/mol. The van der Waals surface area contributed by atoms with Crippen LogP contribution in [0.2, 0.25) is 0 Å². The number of aromatic nitrogens is 2. The zero-order valence-electron chi connectivity index (χ0n) is 11.1. The lowest BCUT2D eigenvalue weighted by molar-refractivity contribution is 0.111. The maximum atomic E-state index is 11.3. The van der Waals surface area contributed by atoms with Crippen LogP contribution >= 0.6 is 0 Å². The molecule has 0 unspecified atom stereocenters. The van der Waals surface area contributed by atoms with Crippen molar-refractivity contribution in [3.05, 3.63) is 35.3 Å². The molecule has 0 bridgehead atoms. The van der Waals surface area contributed by atoms with Crippen molar-refractivity contribution in [2.45, 2.75) is 44.9 Å². The van der Waals surface area contributed by atoms with Gasteiger partial charge in [0.1, 0.15) is 11.3 Å². The lowest BCUT2D eigenvalue weighted by Crippen LogP contribution is -2.14. The van der Waals surface area contributed by atoms with Gasteiger partial charge < -0.3 is 0 Å². The number of hydrogen-bond acceptors (Lipinski definition) is 2. The number of fused-ring (bicyclic) bond motifs is 1. The monoisotopic (exact) mass is 242 g/mol. The molecule has 2 aromatic rings. The number of carbonyl (C=O) groups excluding carboxylic acids is 1. The molecule has 2 heterocycles. The number of carbonyl (C=O) groups is 1. The second-order valence-corrected chi connectivity index (χ2v) is 6.18. The number of rotatable bonds is 2. The van der Waals surface area contributed by atoms with E-state index in [9.17, 15) is 4.79 Å². The van der Waals surface area contributed by atoms with Crippen LogP contribution in [0, 0.1) is 0 Å². The average Bonchev–Trinajstić information content (AvgIpc) is 3.07. The highest BCUT2D eigenvalue weighted by Gasteiger charge is 2.26. The van der Waals surface area contributed by atoms with Gasteiger partial charge in [0.25, 0.3) is 0 Å². The summed E-state index contributed by atoms with van der Waals surface area (Å²) in [6, 6.07) is 4.24. The van der Waals surface area contributed by atoms with E-state index in [2.05, 4.69) is 37.9 Å². The van der Waals surface area contributed by atoms with E-state index >= 15 is 0 Å². The molecule has 18 heavy (non-hydrogen) atoms. The Balaban J connectivity index is 2.22. The number of imidazole rings is 1. The Morgan fingerprint density at radius 3 is 2.67 bits per heavy atom. The minimum absolute atomic E-state index is 0.109. The molecule has 3 nitrogen and oxygen atoms in total. The molecule has 1 saturated carbocycles. The Morgan fingerprint density at radius 1 is 1.39 bits per heavy atom. The highest BCUT2D eigenvalue weighted by atomic mass is 16.1. The number of pyridine rings is 1. The third-order valence-corrected chi connectivity index (χ3v) is 3.56. The molecule has 3 heteroatoms. The SMILES string of the molecule is CC(C)(C)c1nc2cc(C3CC3)ccn2c1C=O. The molecule has 94 valence electrons. The largest absolute Gasteiger partial charge is 0.297 e. The van der Waals surface area contributed by atoms with Gasteiger partial charge in [0.05, 0.1) is 5.69 Å². The zero-order chi connectivity index (χ0) is 12.9. The maximum absolute atomic E-state index is 11.3. The van der Waals surface area contributed by atoms with Crippen molar-refractivity contribution in [2.75, 3.05) is 0 Å². The summed E-state index contributed by atoms with van der Waals surface area (Å²) in [5.74, 6) is 0.712. The third-order valence-electron chi connectivity index (χ3n) is 3.56. The molecule has 0 spiro atoms. The van der Waals surface area contributed by atoms with Crippen molar-refractivity contribution in [1.82, 2.24) is 9.38 Å². The predicted molar refractivity (Wildman–Crippen MR) is 71.3 cm³/mol. The Kier molecular flexibility index (Phi) is 2.34. The van der Waals surface area contributed by atoms with Crippen LogP contribution in [0.1, 0.15) is 61.3 Å². The molecule has 0 amide bonds. The minimum atomic E-state index is -0.109. The van der Waals surface area contributed by atoms with E-state index < -0.39 is 0 Å². The molecule has 1 fully saturated rings. The van der Waals surface area contributed by atoms with Crippen LogP contribution in [0.15, 0.2) is 18.3 Å². The molecule has 0 saturated heterocycles. The van der Waals surface area contributed by atoms with Gasteiger partial charge in [-0.25, -0.2) is 4.98 Å². The first-order valence-electron chi connectivity index (χ1n) is 6.48. The lowest BCUT2D eigenvalue weighted by atomic mass is 9.91. The Hall–Kier alpha value is -1.64. The molecule has 0 N–H and O–H groups in total. The smallest absolute Gasteiger partial charge is 0.168 e. The van der Waals surface area contributed by atoms with Crippen LogP contribution in [0.3, 0.4) is 0 Å². The molecule has 1 aliphatic rings. The van der Waals surface area contributed by atoms with Crippen LogP contribution in [-0.4, -0.2) is 15.7 Å². The van der Waals surface area contributed by atoms with E-state index in [1.165, 1.54) is 18.4 Å². The molecular formula is C15H18N2O. The highest BCUT2D eigenvalue weighted by Crippen LogP contribution is 2.40. The van der Waals surface area contributed by atoms with Gasteiger partial charge in [0.2, 0.25) is 0 Å². The van der Waals surface area contributed by atoms with Gasteiger partial charge in [0.15, 0.2) is 6.29 Å². The predicted octanol–water partition coefficient (Wildman–Crippen LogP) is 3.32. The summed E-state index contributed by atoms with van der Waals surface area (Å²) in [5.41, 5.74) is 3.70. The van der Waals surface area contributed by atoms with Gasteiger partial charge in [0, 0.05) is 11.6 Å². The molecule has 0 aromatic carbocycles. The van der Waals surface area contributed by atoms with E-state index in [1.807, 2.05) is 10.6 Å². The fourth-order valence-electron chi connectivity index (χ4n) is 2.41. The quantitative estimate of drug-likeness (QED) is 0.757. The standard InChI is InChI=1S/C15H18N2O/c1-15(2,3)14-12(9-18)17-7-6-11(10-4-5-10)8-13(17)16-14/h6-10H,4-5H2,1-3H3. The van der Waals surface area contributed by atoms with Gasteiger partial charge in [-0.2, -0.15) is 0 Å². The summed E-state index contributed by atoms with van der Waals surface area (Å²) < 4.78 is 1.90. The second kappa shape index (κ2) is 3.67.